The zero-order valence-corrected chi connectivity index (χ0v) is 6.99. The summed E-state index contributed by atoms with van der Waals surface area (Å²) < 4.78 is 17.6. The Labute approximate surface area is 74.2 Å². The van der Waals surface area contributed by atoms with Gasteiger partial charge in [-0.1, -0.05) is 0 Å². The number of rotatable bonds is 1. The molecule has 2 aromatic rings. The molecule has 0 fully saturated rings. The number of aromatic nitrogens is 2. The molecular formula is C9H7FN2O. The highest BCUT2D eigenvalue weighted by Gasteiger charge is 2.00. The molecule has 2 heterocycles. The lowest BCUT2D eigenvalue weighted by atomic mass is 10.3. The number of pyridine rings is 2. The van der Waals surface area contributed by atoms with Crippen molar-refractivity contribution in [1.29, 1.82) is 0 Å². The van der Waals surface area contributed by atoms with Crippen molar-refractivity contribution in [2.45, 2.75) is 0 Å². The maximum Gasteiger partial charge on any atom is 0.213 e. The maximum atomic E-state index is 12.7. The van der Waals surface area contributed by atoms with E-state index in [2.05, 4.69) is 9.97 Å². The second-order valence-electron chi connectivity index (χ2n) is 2.55. The predicted molar refractivity (Wildman–Crippen MR) is 46.0 cm³/mol. The Hall–Kier alpha value is -1.71. The summed E-state index contributed by atoms with van der Waals surface area (Å²) >= 11 is 0. The zero-order valence-electron chi connectivity index (χ0n) is 6.99. The predicted octanol–water partition coefficient (Wildman–Crippen LogP) is 1.78. The third-order valence-corrected chi connectivity index (χ3v) is 1.69. The molecule has 0 aliphatic rings. The Bertz CT molecular complexity index is 445. The molecule has 4 heteroatoms. The van der Waals surface area contributed by atoms with Crippen LogP contribution in [0.2, 0.25) is 0 Å². The van der Waals surface area contributed by atoms with Crippen molar-refractivity contribution in [1.82, 2.24) is 9.97 Å². The first-order valence-corrected chi connectivity index (χ1v) is 3.76. The minimum atomic E-state index is -0.395. The summed E-state index contributed by atoms with van der Waals surface area (Å²) in [5.41, 5.74) is 1.15. The Morgan fingerprint density at radius 1 is 1.31 bits per heavy atom. The van der Waals surface area contributed by atoms with Crippen LogP contribution in [0.3, 0.4) is 0 Å². The first-order chi connectivity index (χ1) is 6.29. The van der Waals surface area contributed by atoms with E-state index in [1.54, 1.807) is 12.1 Å². The Morgan fingerprint density at radius 2 is 2.15 bits per heavy atom. The van der Waals surface area contributed by atoms with Crippen LogP contribution < -0.4 is 4.74 Å². The number of hydrogen-bond donors (Lipinski definition) is 0. The van der Waals surface area contributed by atoms with Crippen molar-refractivity contribution in [3.8, 4) is 5.88 Å². The van der Waals surface area contributed by atoms with Crippen LogP contribution in [0.4, 0.5) is 4.39 Å². The normalized spacial score (nSPS) is 10.3. The summed E-state index contributed by atoms with van der Waals surface area (Å²) in [6.45, 7) is 0. The van der Waals surface area contributed by atoms with Gasteiger partial charge in [0.2, 0.25) is 5.88 Å². The minimum absolute atomic E-state index is 0.395. The van der Waals surface area contributed by atoms with E-state index < -0.39 is 5.82 Å². The van der Waals surface area contributed by atoms with Crippen molar-refractivity contribution in [2.75, 3.05) is 7.11 Å². The first-order valence-electron chi connectivity index (χ1n) is 3.76. The molecule has 0 N–H and O–H groups in total. The van der Waals surface area contributed by atoms with Crippen LogP contribution in [0.1, 0.15) is 0 Å². The summed E-state index contributed by atoms with van der Waals surface area (Å²) in [5, 5.41) is 0. The fraction of sp³-hybridized carbons (Fsp3) is 0.111. The van der Waals surface area contributed by atoms with E-state index in [0.29, 0.717) is 16.9 Å². The molecule has 0 saturated heterocycles. The average Bonchev–Trinajstić information content (AvgIpc) is 2.16. The Morgan fingerprint density at radius 3 is 2.92 bits per heavy atom. The molecule has 0 radical (unpaired) electrons. The second kappa shape index (κ2) is 2.97. The van der Waals surface area contributed by atoms with Gasteiger partial charge < -0.3 is 4.74 Å². The monoisotopic (exact) mass is 178 g/mol. The number of methoxy groups -OCH3 is 1. The Balaban J connectivity index is 2.68. The van der Waals surface area contributed by atoms with E-state index in [9.17, 15) is 4.39 Å². The number of fused-ring (bicyclic) bond motifs is 1. The summed E-state index contributed by atoms with van der Waals surface area (Å²) in [6.07, 6.45) is 1.16. The van der Waals surface area contributed by atoms with Crippen LogP contribution in [0, 0.1) is 5.82 Å². The summed E-state index contributed by atoms with van der Waals surface area (Å²) in [5.74, 6) is 0.0631. The van der Waals surface area contributed by atoms with E-state index in [-0.39, 0.29) is 0 Å². The van der Waals surface area contributed by atoms with E-state index in [4.69, 9.17) is 4.74 Å². The van der Waals surface area contributed by atoms with E-state index in [0.717, 1.165) is 6.20 Å². The second-order valence-corrected chi connectivity index (χ2v) is 2.55. The number of nitrogens with zero attached hydrogens (tertiary/aromatic N) is 2. The SMILES string of the molecule is COc1ccc2ncc(F)cc2n1. The van der Waals surface area contributed by atoms with Gasteiger partial charge in [-0.05, 0) is 6.07 Å². The fourth-order valence-electron chi connectivity index (χ4n) is 1.08. The highest BCUT2D eigenvalue weighted by molar-refractivity contribution is 5.74. The molecule has 66 valence electrons. The summed E-state index contributed by atoms with van der Waals surface area (Å²) in [4.78, 5) is 7.89. The minimum Gasteiger partial charge on any atom is -0.481 e. The van der Waals surface area contributed by atoms with Gasteiger partial charge >= 0.3 is 0 Å². The third-order valence-electron chi connectivity index (χ3n) is 1.69. The van der Waals surface area contributed by atoms with Crippen molar-refractivity contribution in [3.63, 3.8) is 0 Å². The lowest BCUT2D eigenvalue weighted by molar-refractivity contribution is 0.399. The van der Waals surface area contributed by atoms with E-state index in [1.807, 2.05) is 0 Å². The standard InChI is InChI=1S/C9H7FN2O/c1-13-9-3-2-7-8(12-9)4-6(10)5-11-7/h2-5H,1H3. The van der Waals surface area contributed by atoms with Gasteiger partial charge in [0.1, 0.15) is 5.82 Å². The molecule has 0 aromatic carbocycles. The van der Waals surface area contributed by atoms with Gasteiger partial charge in [0, 0.05) is 12.1 Å². The summed E-state index contributed by atoms with van der Waals surface area (Å²) in [7, 11) is 1.51. The molecule has 0 saturated carbocycles. The first kappa shape index (κ1) is 7.91. The van der Waals surface area contributed by atoms with Gasteiger partial charge in [-0.3, -0.25) is 4.98 Å². The van der Waals surface area contributed by atoms with Crippen LogP contribution in [-0.2, 0) is 0 Å². The molecular weight excluding hydrogens is 171 g/mol. The molecule has 0 spiro atoms. The molecule has 0 bridgehead atoms. The molecule has 0 atom stereocenters. The molecule has 0 unspecified atom stereocenters. The molecule has 2 aromatic heterocycles. The smallest absolute Gasteiger partial charge is 0.213 e. The van der Waals surface area contributed by atoms with Crippen LogP contribution in [-0.4, -0.2) is 17.1 Å². The van der Waals surface area contributed by atoms with Crippen LogP contribution in [0.25, 0.3) is 11.0 Å². The van der Waals surface area contributed by atoms with Crippen molar-refractivity contribution in [2.24, 2.45) is 0 Å². The van der Waals surface area contributed by atoms with Gasteiger partial charge in [0.15, 0.2) is 0 Å². The molecule has 0 aliphatic heterocycles. The topological polar surface area (TPSA) is 35.0 Å². The van der Waals surface area contributed by atoms with Crippen molar-refractivity contribution < 1.29 is 9.13 Å². The lowest BCUT2D eigenvalue weighted by Gasteiger charge is -1.99. The third kappa shape index (κ3) is 1.42. The van der Waals surface area contributed by atoms with Gasteiger partial charge in [0.25, 0.3) is 0 Å². The van der Waals surface area contributed by atoms with E-state index >= 15 is 0 Å². The highest BCUT2D eigenvalue weighted by atomic mass is 19.1. The molecule has 13 heavy (non-hydrogen) atoms. The van der Waals surface area contributed by atoms with Crippen LogP contribution in [0.5, 0.6) is 5.88 Å². The zero-order chi connectivity index (χ0) is 9.26. The highest BCUT2D eigenvalue weighted by Crippen LogP contribution is 2.14. The van der Waals surface area contributed by atoms with Gasteiger partial charge in [-0.2, -0.15) is 0 Å². The van der Waals surface area contributed by atoms with Crippen LogP contribution >= 0.6 is 0 Å². The molecule has 3 nitrogen and oxygen atoms in total. The number of halogens is 1. The quantitative estimate of drug-likeness (QED) is 0.667. The Kier molecular flexibility index (Phi) is 1.81. The number of ether oxygens (including phenoxy) is 1. The fourth-order valence-corrected chi connectivity index (χ4v) is 1.08. The number of hydrogen-bond acceptors (Lipinski definition) is 3. The van der Waals surface area contributed by atoms with E-state index in [1.165, 1.54) is 13.2 Å². The average molecular weight is 178 g/mol. The summed E-state index contributed by atoms with van der Waals surface area (Å²) in [6, 6.07) is 4.75. The molecule has 2 rings (SSSR count). The van der Waals surface area contributed by atoms with Crippen molar-refractivity contribution >= 4 is 11.0 Å². The molecule has 0 amide bonds. The van der Waals surface area contributed by atoms with Crippen molar-refractivity contribution in [3.05, 3.63) is 30.2 Å². The van der Waals surface area contributed by atoms with Gasteiger partial charge in [-0.15, -0.1) is 0 Å². The van der Waals surface area contributed by atoms with Gasteiger partial charge in [0.05, 0.1) is 24.3 Å². The molecule has 0 aliphatic carbocycles. The lowest BCUT2D eigenvalue weighted by Crippen LogP contribution is -1.89. The largest absolute Gasteiger partial charge is 0.481 e. The van der Waals surface area contributed by atoms with Crippen LogP contribution in [0.15, 0.2) is 24.4 Å². The van der Waals surface area contributed by atoms with Gasteiger partial charge in [-0.25, -0.2) is 9.37 Å². The maximum absolute atomic E-state index is 12.7.